The largest absolute Gasteiger partial charge is 0.486 e. The van der Waals surface area contributed by atoms with Crippen molar-refractivity contribution in [1.82, 2.24) is 5.32 Å². The van der Waals surface area contributed by atoms with E-state index in [1.54, 1.807) is 24.3 Å². The SMILES string of the molecule is O=C(NCc1ccc(F)cc1F)c1ccc(OCC(=O)C2CC2)cc1. The molecule has 0 bridgehead atoms. The first kappa shape index (κ1) is 17.1. The number of hydrogen-bond acceptors (Lipinski definition) is 3. The molecule has 1 fully saturated rings. The van der Waals surface area contributed by atoms with Gasteiger partial charge in [-0.05, 0) is 43.2 Å². The van der Waals surface area contributed by atoms with Gasteiger partial charge in [-0.1, -0.05) is 6.07 Å². The Morgan fingerprint density at radius 3 is 2.44 bits per heavy atom. The van der Waals surface area contributed by atoms with E-state index in [0.717, 1.165) is 25.0 Å². The number of rotatable bonds is 7. The van der Waals surface area contributed by atoms with Crippen LogP contribution in [-0.4, -0.2) is 18.3 Å². The van der Waals surface area contributed by atoms with Gasteiger partial charge in [0.2, 0.25) is 0 Å². The number of Topliss-reactive ketones (excluding diaryl/α,β-unsaturated/α-hetero) is 1. The summed E-state index contributed by atoms with van der Waals surface area (Å²) in [6, 6.07) is 9.54. The highest BCUT2D eigenvalue weighted by Gasteiger charge is 2.29. The molecule has 0 aromatic heterocycles. The van der Waals surface area contributed by atoms with Crippen molar-refractivity contribution in [3.05, 3.63) is 65.2 Å². The van der Waals surface area contributed by atoms with Crippen LogP contribution in [-0.2, 0) is 11.3 Å². The first-order valence-electron chi connectivity index (χ1n) is 8.00. The summed E-state index contributed by atoms with van der Waals surface area (Å²) in [6.45, 7) is -0.000851. The summed E-state index contributed by atoms with van der Waals surface area (Å²) in [5.74, 6) is -0.993. The van der Waals surface area contributed by atoms with Gasteiger partial charge in [-0.2, -0.15) is 0 Å². The third kappa shape index (κ3) is 4.62. The highest BCUT2D eigenvalue weighted by molar-refractivity contribution is 5.94. The van der Waals surface area contributed by atoms with Crippen molar-refractivity contribution in [3.8, 4) is 5.75 Å². The average molecular weight is 345 g/mol. The van der Waals surface area contributed by atoms with E-state index in [-0.39, 0.29) is 36.3 Å². The van der Waals surface area contributed by atoms with Crippen molar-refractivity contribution in [1.29, 1.82) is 0 Å². The lowest BCUT2D eigenvalue weighted by molar-refractivity contribution is -0.122. The van der Waals surface area contributed by atoms with Crippen LogP contribution in [0.2, 0.25) is 0 Å². The van der Waals surface area contributed by atoms with Crippen LogP contribution in [0.5, 0.6) is 5.75 Å². The van der Waals surface area contributed by atoms with Gasteiger partial charge in [0.25, 0.3) is 5.91 Å². The molecule has 0 heterocycles. The topological polar surface area (TPSA) is 55.4 Å². The van der Waals surface area contributed by atoms with E-state index in [1.165, 1.54) is 6.07 Å². The van der Waals surface area contributed by atoms with Crippen molar-refractivity contribution in [2.24, 2.45) is 5.92 Å². The molecule has 1 aliphatic carbocycles. The highest BCUT2D eigenvalue weighted by atomic mass is 19.1. The predicted molar refractivity (Wildman–Crippen MR) is 87.2 cm³/mol. The number of amides is 1. The molecule has 2 aromatic rings. The molecule has 1 saturated carbocycles. The van der Waals surface area contributed by atoms with Crippen molar-refractivity contribution in [2.45, 2.75) is 19.4 Å². The Hall–Kier alpha value is -2.76. The second kappa shape index (κ2) is 7.42. The minimum atomic E-state index is -0.704. The Bertz CT molecular complexity index is 786. The molecule has 1 N–H and O–H groups in total. The van der Waals surface area contributed by atoms with Crippen LogP contribution >= 0.6 is 0 Å². The van der Waals surface area contributed by atoms with Gasteiger partial charge in [0, 0.05) is 29.7 Å². The Labute approximate surface area is 143 Å². The fraction of sp³-hybridized carbons (Fsp3) is 0.263. The fourth-order valence-corrected chi connectivity index (χ4v) is 2.32. The average Bonchev–Trinajstić information content (AvgIpc) is 3.44. The van der Waals surface area contributed by atoms with Gasteiger partial charge in [0.1, 0.15) is 24.0 Å². The fourth-order valence-electron chi connectivity index (χ4n) is 2.32. The Morgan fingerprint density at radius 2 is 1.80 bits per heavy atom. The van der Waals surface area contributed by atoms with E-state index in [4.69, 9.17) is 4.74 Å². The lowest BCUT2D eigenvalue weighted by Crippen LogP contribution is -2.23. The van der Waals surface area contributed by atoms with Crippen LogP contribution in [0.25, 0.3) is 0 Å². The molecule has 2 aromatic carbocycles. The van der Waals surface area contributed by atoms with Gasteiger partial charge in [-0.3, -0.25) is 9.59 Å². The third-order valence-electron chi connectivity index (χ3n) is 3.98. The van der Waals surface area contributed by atoms with E-state index in [1.807, 2.05) is 0 Å². The minimum absolute atomic E-state index is 0.0417. The zero-order chi connectivity index (χ0) is 17.8. The predicted octanol–water partition coefficient (Wildman–Crippen LogP) is 3.25. The quantitative estimate of drug-likeness (QED) is 0.838. The number of carbonyl (C=O) groups is 2. The first-order valence-corrected chi connectivity index (χ1v) is 8.00. The Balaban J connectivity index is 1.52. The summed E-state index contributed by atoms with van der Waals surface area (Å²) >= 11 is 0. The second-order valence-corrected chi connectivity index (χ2v) is 5.97. The van der Waals surface area contributed by atoms with Crippen LogP contribution in [0, 0.1) is 17.6 Å². The van der Waals surface area contributed by atoms with E-state index in [9.17, 15) is 18.4 Å². The maximum atomic E-state index is 13.5. The van der Waals surface area contributed by atoms with E-state index in [0.29, 0.717) is 11.3 Å². The molecule has 3 rings (SSSR count). The van der Waals surface area contributed by atoms with Gasteiger partial charge in [-0.15, -0.1) is 0 Å². The minimum Gasteiger partial charge on any atom is -0.486 e. The van der Waals surface area contributed by atoms with Crippen molar-refractivity contribution in [2.75, 3.05) is 6.61 Å². The number of ether oxygens (including phenoxy) is 1. The summed E-state index contributed by atoms with van der Waals surface area (Å²) in [5, 5.41) is 2.57. The monoisotopic (exact) mass is 345 g/mol. The first-order chi connectivity index (χ1) is 12.0. The summed E-state index contributed by atoms with van der Waals surface area (Å²) in [5.41, 5.74) is 0.580. The summed E-state index contributed by atoms with van der Waals surface area (Å²) < 4.78 is 31.8. The van der Waals surface area contributed by atoms with E-state index in [2.05, 4.69) is 5.32 Å². The molecule has 0 atom stereocenters. The number of halogens is 2. The molecular weight excluding hydrogens is 328 g/mol. The normalized spacial score (nSPS) is 13.4. The number of carbonyl (C=O) groups excluding carboxylic acids is 2. The lowest BCUT2D eigenvalue weighted by atomic mass is 10.1. The molecule has 1 amide bonds. The maximum absolute atomic E-state index is 13.5. The van der Waals surface area contributed by atoms with Crippen LogP contribution in [0.3, 0.4) is 0 Å². The number of ketones is 1. The highest BCUT2D eigenvalue weighted by Crippen LogP contribution is 2.29. The molecule has 0 unspecified atom stereocenters. The van der Waals surface area contributed by atoms with Gasteiger partial charge >= 0.3 is 0 Å². The smallest absolute Gasteiger partial charge is 0.251 e. The molecule has 130 valence electrons. The van der Waals surface area contributed by atoms with Gasteiger partial charge < -0.3 is 10.1 Å². The van der Waals surface area contributed by atoms with Crippen LogP contribution in [0.4, 0.5) is 8.78 Å². The molecule has 6 heteroatoms. The summed E-state index contributed by atoms with van der Waals surface area (Å²) in [7, 11) is 0. The molecule has 25 heavy (non-hydrogen) atoms. The van der Waals surface area contributed by atoms with Crippen molar-refractivity contribution >= 4 is 11.7 Å². The molecule has 0 spiro atoms. The molecule has 0 radical (unpaired) electrons. The molecule has 0 aliphatic heterocycles. The zero-order valence-electron chi connectivity index (χ0n) is 13.4. The summed E-state index contributed by atoms with van der Waals surface area (Å²) in [4.78, 5) is 23.6. The Kier molecular flexibility index (Phi) is 5.07. The van der Waals surface area contributed by atoms with Crippen LogP contribution in [0.15, 0.2) is 42.5 Å². The lowest BCUT2D eigenvalue weighted by Gasteiger charge is -2.08. The molecule has 1 aliphatic rings. The molecule has 4 nitrogen and oxygen atoms in total. The summed E-state index contributed by atoms with van der Waals surface area (Å²) in [6.07, 6.45) is 1.88. The standard InChI is InChI=1S/C19H17F2NO3/c20-15-6-3-14(17(21)9-15)10-22-19(24)13-4-7-16(8-5-13)25-11-18(23)12-1-2-12/h3-9,12H,1-2,10-11H2,(H,22,24). The van der Waals surface area contributed by atoms with E-state index < -0.39 is 11.6 Å². The second-order valence-electron chi connectivity index (χ2n) is 5.97. The molecular formula is C19H17F2NO3. The zero-order valence-corrected chi connectivity index (χ0v) is 13.4. The van der Waals surface area contributed by atoms with Gasteiger partial charge in [0.05, 0.1) is 0 Å². The van der Waals surface area contributed by atoms with E-state index >= 15 is 0 Å². The molecule has 0 saturated heterocycles. The van der Waals surface area contributed by atoms with Crippen LogP contribution < -0.4 is 10.1 Å². The number of nitrogens with one attached hydrogen (secondary N) is 1. The third-order valence-corrected chi connectivity index (χ3v) is 3.98. The van der Waals surface area contributed by atoms with Crippen molar-refractivity contribution in [3.63, 3.8) is 0 Å². The maximum Gasteiger partial charge on any atom is 0.251 e. The van der Waals surface area contributed by atoms with Gasteiger partial charge in [-0.25, -0.2) is 8.78 Å². The number of hydrogen-bond donors (Lipinski definition) is 1. The number of benzene rings is 2. The van der Waals surface area contributed by atoms with Gasteiger partial charge in [0.15, 0.2) is 5.78 Å². The van der Waals surface area contributed by atoms with Crippen molar-refractivity contribution < 1.29 is 23.1 Å². The Morgan fingerprint density at radius 1 is 1.08 bits per heavy atom. The van der Waals surface area contributed by atoms with Crippen LogP contribution in [0.1, 0.15) is 28.8 Å².